The van der Waals surface area contributed by atoms with Crippen LogP contribution in [0.1, 0.15) is 18.4 Å². The number of hydrogen-bond acceptors (Lipinski definition) is 7. The fourth-order valence-electron chi connectivity index (χ4n) is 4.73. The zero-order valence-electron chi connectivity index (χ0n) is 20.9. The molecule has 5 rings (SSSR count). The molecule has 192 valence electrons. The topological polar surface area (TPSA) is 100 Å². The van der Waals surface area contributed by atoms with Gasteiger partial charge in [-0.1, -0.05) is 35.9 Å². The highest BCUT2D eigenvalue weighted by Gasteiger charge is 2.26. The molecule has 2 aromatic carbocycles. The Morgan fingerprint density at radius 3 is 2.59 bits per heavy atom. The number of aromatic nitrogens is 3. The number of piperidine rings is 1. The van der Waals surface area contributed by atoms with Gasteiger partial charge < -0.3 is 15.1 Å². The van der Waals surface area contributed by atoms with E-state index in [2.05, 4.69) is 20.2 Å². The Hall–Kier alpha value is -3.92. The predicted octanol–water partition coefficient (Wildman–Crippen LogP) is 3.20. The van der Waals surface area contributed by atoms with Crippen molar-refractivity contribution in [1.82, 2.24) is 19.3 Å². The number of anilines is 2. The van der Waals surface area contributed by atoms with E-state index in [1.807, 2.05) is 49.2 Å². The molecule has 37 heavy (non-hydrogen) atoms. The highest BCUT2D eigenvalue weighted by atomic mass is 32.2. The number of fused-ring (bicyclic) bond motifs is 1. The number of carbonyl (C=O) groups is 1. The first-order valence-corrected chi connectivity index (χ1v) is 13.7. The van der Waals surface area contributed by atoms with Crippen molar-refractivity contribution >= 4 is 38.5 Å². The molecule has 1 fully saturated rings. The Kier molecular flexibility index (Phi) is 6.84. The summed E-state index contributed by atoms with van der Waals surface area (Å²) in [6.07, 6.45) is 4.68. The first-order valence-electron chi connectivity index (χ1n) is 12.3. The lowest BCUT2D eigenvalue weighted by atomic mass is 10.1. The smallest absolute Gasteiger partial charge is 0.269 e. The van der Waals surface area contributed by atoms with Crippen LogP contribution in [0.2, 0.25) is 0 Å². The molecule has 0 bridgehead atoms. The third-order valence-corrected chi connectivity index (χ3v) is 8.35. The van der Waals surface area contributed by atoms with E-state index in [4.69, 9.17) is 0 Å². The maximum Gasteiger partial charge on any atom is 0.269 e. The molecule has 1 N–H and O–H groups in total. The molecular formula is C27H30N6O3S. The lowest BCUT2D eigenvalue weighted by Crippen LogP contribution is -2.50. The standard InChI is InChI=1S/C27H30N6O3S/c1-20-10-12-23(13-11-20)37(35,36)33-16-14-24-26(28-19-29-27(24)33)32-15-6-7-21(17-32)30-25(34)18-31(2)22-8-4-3-5-9-22/h3-5,8-14,16,19,21H,6-7,15,17-18H2,1-2H3,(H,30,34). The molecule has 0 aliphatic carbocycles. The highest BCUT2D eigenvalue weighted by Crippen LogP contribution is 2.29. The summed E-state index contributed by atoms with van der Waals surface area (Å²) in [6, 6.07) is 18.3. The van der Waals surface area contributed by atoms with E-state index in [0.29, 0.717) is 23.4 Å². The van der Waals surface area contributed by atoms with E-state index in [0.717, 1.165) is 30.6 Å². The molecular weight excluding hydrogens is 488 g/mol. The van der Waals surface area contributed by atoms with Crippen molar-refractivity contribution in [2.45, 2.75) is 30.7 Å². The van der Waals surface area contributed by atoms with E-state index >= 15 is 0 Å². The van der Waals surface area contributed by atoms with Gasteiger partial charge in [0, 0.05) is 38.1 Å². The number of aryl methyl sites for hydroxylation is 1. The van der Waals surface area contributed by atoms with Crippen molar-refractivity contribution in [3.8, 4) is 0 Å². The molecule has 4 aromatic rings. The van der Waals surface area contributed by atoms with E-state index in [-0.39, 0.29) is 23.4 Å². The van der Waals surface area contributed by atoms with Crippen LogP contribution in [-0.2, 0) is 14.8 Å². The molecule has 9 nitrogen and oxygen atoms in total. The monoisotopic (exact) mass is 518 g/mol. The van der Waals surface area contributed by atoms with Gasteiger partial charge in [-0.3, -0.25) is 4.79 Å². The molecule has 3 heterocycles. The van der Waals surface area contributed by atoms with Gasteiger partial charge in [0.25, 0.3) is 10.0 Å². The van der Waals surface area contributed by atoms with Gasteiger partial charge >= 0.3 is 0 Å². The van der Waals surface area contributed by atoms with Gasteiger partial charge in [0.05, 0.1) is 16.8 Å². The summed E-state index contributed by atoms with van der Waals surface area (Å²) in [5, 5.41) is 3.82. The first-order chi connectivity index (χ1) is 17.8. The second kappa shape index (κ2) is 10.2. The SMILES string of the molecule is Cc1ccc(S(=O)(=O)n2ccc3c(N4CCCC(NC(=O)CN(C)c5ccccc5)C4)ncnc32)cc1. The third kappa shape index (κ3) is 5.15. The molecule has 1 saturated heterocycles. The van der Waals surface area contributed by atoms with E-state index in [1.165, 1.54) is 16.5 Å². The number of likely N-dealkylation sites (N-methyl/N-ethyl adjacent to an activating group) is 1. The molecule has 10 heteroatoms. The minimum Gasteiger partial charge on any atom is -0.365 e. The zero-order chi connectivity index (χ0) is 26.0. The second-order valence-corrected chi connectivity index (χ2v) is 11.2. The Balaban J connectivity index is 1.33. The molecule has 1 aliphatic rings. The van der Waals surface area contributed by atoms with Crippen LogP contribution in [0.25, 0.3) is 11.0 Å². The Morgan fingerprint density at radius 1 is 1.08 bits per heavy atom. The first kappa shape index (κ1) is 24.8. The number of hydrogen-bond donors (Lipinski definition) is 1. The quantitative estimate of drug-likeness (QED) is 0.401. The van der Waals surface area contributed by atoms with Crippen molar-refractivity contribution in [1.29, 1.82) is 0 Å². The van der Waals surface area contributed by atoms with Crippen LogP contribution in [-0.4, -0.2) is 61.0 Å². The van der Waals surface area contributed by atoms with Crippen LogP contribution in [0.3, 0.4) is 0 Å². The summed E-state index contributed by atoms with van der Waals surface area (Å²) >= 11 is 0. The second-order valence-electron chi connectivity index (χ2n) is 9.41. The fourth-order valence-corrected chi connectivity index (χ4v) is 6.04. The third-order valence-electron chi connectivity index (χ3n) is 6.67. The Morgan fingerprint density at radius 2 is 1.84 bits per heavy atom. The molecule has 1 atom stereocenters. The van der Waals surface area contributed by atoms with E-state index in [1.54, 1.807) is 30.3 Å². The number of nitrogens with one attached hydrogen (secondary N) is 1. The summed E-state index contributed by atoms with van der Waals surface area (Å²) in [5.41, 5.74) is 2.30. The average Bonchev–Trinajstić information content (AvgIpc) is 3.35. The molecule has 0 radical (unpaired) electrons. The molecule has 1 amide bonds. The van der Waals surface area contributed by atoms with Gasteiger partial charge in [-0.05, 0) is 50.1 Å². The van der Waals surface area contributed by atoms with Gasteiger partial charge in [0.1, 0.15) is 12.1 Å². The summed E-state index contributed by atoms with van der Waals surface area (Å²) in [7, 11) is -1.90. The normalized spacial score (nSPS) is 16.1. The van der Waals surface area contributed by atoms with E-state index in [9.17, 15) is 13.2 Å². The number of amides is 1. The Labute approximate surface area is 216 Å². The van der Waals surface area contributed by atoms with Crippen molar-refractivity contribution < 1.29 is 13.2 Å². The van der Waals surface area contributed by atoms with Gasteiger partial charge in [-0.2, -0.15) is 0 Å². The maximum atomic E-state index is 13.3. The van der Waals surface area contributed by atoms with Crippen LogP contribution in [0.5, 0.6) is 0 Å². The minimum atomic E-state index is -3.80. The lowest BCUT2D eigenvalue weighted by Gasteiger charge is -2.34. The largest absolute Gasteiger partial charge is 0.365 e. The predicted molar refractivity (Wildman–Crippen MR) is 144 cm³/mol. The van der Waals surface area contributed by atoms with Gasteiger partial charge in [-0.15, -0.1) is 0 Å². The molecule has 1 aliphatic heterocycles. The van der Waals surface area contributed by atoms with Gasteiger partial charge in [0.2, 0.25) is 5.91 Å². The van der Waals surface area contributed by atoms with Crippen LogP contribution in [0.4, 0.5) is 11.5 Å². The fraction of sp³-hybridized carbons (Fsp3) is 0.296. The summed E-state index contributed by atoms with van der Waals surface area (Å²) in [5.74, 6) is 0.629. The molecule has 1 unspecified atom stereocenters. The van der Waals surface area contributed by atoms with Gasteiger partial charge in [-0.25, -0.2) is 22.4 Å². The lowest BCUT2D eigenvalue weighted by molar-refractivity contribution is -0.120. The number of rotatable bonds is 7. The number of nitrogens with zero attached hydrogens (tertiary/aromatic N) is 5. The van der Waals surface area contributed by atoms with Crippen molar-refractivity contribution in [3.63, 3.8) is 0 Å². The van der Waals surface area contributed by atoms with E-state index < -0.39 is 10.0 Å². The average molecular weight is 519 g/mol. The molecule has 2 aromatic heterocycles. The van der Waals surface area contributed by atoms with Crippen LogP contribution < -0.4 is 15.1 Å². The maximum absolute atomic E-state index is 13.3. The zero-order valence-corrected chi connectivity index (χ0v) is 21.7. The van der Waals surface area contributed by atoms with Gasteiger partial charge in [0.15, 0.2) is 5.65 Å². The number of carbonyl (C=O) groups excluding carboxylic acids is 1. The highest BCUT2D eigenvalue weighted by molar-refractivity contribution is 7.90. The summed E-state index contributed by atoms with van der Waals surface area (Å²) in [6.45, 7) is 3.52. The van der Waals surface area contributed by atoms with Crippen LogP contribution in [0.15, 0.2) is 78.1 Å². The molecule has 0 spiro atoms. The van der Waals surface area contributed by atoms with Crippen LogP contribution in [0, 0.1) is 6.92 Å². The van der Waals surface area contributed by atoms with Crippen molar-refractivity contribution in [2.75, 3.05) is 36.5 Å². The van der Waals surface area contributed by atoms with Crippen molar-refractivity contribution in [3.05, 3.63) is 78.8 Å². The minimum absolute atomic E-state index is 0.0335. The summed E-state index contributed by atoms with van der Waals surface area (Å²) in [4.78, 5) is 25.8. The van der Waals surface area contributed by atoms with Crippen molar-refractivity contribution in [2.24, 2.45) is 0 Å². The number of para-hydroxylation sites is 1. The summed E-state index contributed by atoms with van der Waals surface area (Å²) < 4.78 is 27.8. The Bertz CT molecular complexity index is 1500. The van der Waals surface area contributed by atoms with Crippen LogP contribution >= 0.6 is 0 Å². The molecule has 0 saturated carbocycles. The number of benzene rings is 2.